The Morgan fingerprint density at radius 1 is 0.935 bits per heavy atom. The highest BCUT2D eigenvalue weighted by atomic mass is 79.9. The van der Waals surface area contributed by atoms with E-state index >= 15 is 0 Å². The lowest BCUT2D eigenvalue weighted by atomic mass is 10.1. The molecule has 31 heavy (non-hydrogen) atoms. The Balaban J connectivity index is 1.60. The molecule has 0 aromatic heterocycles. The van der Waals surface area contributed by atoms with E-state index in [2.05, 4.69) is 73.2 Å². The van der Waals surface area contributed by atoms with Crippen LogP contribution in [-0.4, -0.2) is 51.1 Å². The molecule has 5 nitrogen and oxygen atoms in total. The Morgan fingerprint density at radius 2 is 1.65 bits per heavy atom. The molecule has 1 heterocycles. The zero-order chi connectivity index (χ0) is 21.6. The van der Waals surface area contributed by atoms with Crippen molar-refractivity contribution in [2.75, 3.05) is 50.4 Å². The number of anilines is 2. The van der Waals surface area contributed by atoms with Crippen LogP contribution in [0.1, 0.15) is 5.56 Å². The predicted octanol–water partition coefficient (Wildman–Crippen LogP) is 5.08. The fraction of sp³-hybridized carbons (Fsp3) is 0.240. The number of para-hydroxylation sites is 2. The molecule has 0 aliphatic carbocycles. The summed E-state index contributed by atoms with van der Waals surface area (Å²) in [4.78, 5) is 4.45. The summed E-state index contributed by atoms with van der Waals surface area (Å²) in [6, 6.07) is 26.9. The molecule has 0 N–H and O–H groups in total. The van der Waals surface area contributed by atoms with Crippen molar-refractivity contribution < 1.29 is 4.74 Å². The lowest BCUT2D eigenvalue weighted by molar-refractivity contribution is 0.261. The minimum Gasteiger partial charge on any atom is -0.492 e. The molecule has 4 rings (SSSR count). The Labute approximate surface area is 192 Å². The summed E-state index contributed by atoms with van der Waals surface area (Å²) < 4.78 is 6.87. The van der Waals surface area contributed by atoms with Crippen LogP contribution in [-0.2, 0) is 0 Å². The third-order valence-corrected chi connectivity index (χ3v) is 5.80. The van der Waals surface area contributed by atoms with Gasteiger partial charge in [-0.05, 0) is 84.1 Å². The van der Waals surface area contributed by atoms with E-state index in [1.165, 1.54) is 5.69 Å². The Morgan fingerprint density at radius 3 is 2.35 bits per heavy atom. The van der Waals surface area contributed by atoms with Gasteiger partial charge in [0.25, 0.3) is 0 Å². The summed E-state index contributed by atoms with van der Waals surface area (Å²) in [6.45, 7) is 2.99. The molecule has 1 aliphatic rings. The molecule has 0 atom stereocenters. The molecule has 6 heteroatoms. The van der Waals surface area contributed by atoms with Gasteiger partial charge in [0.05, 0.1) is 17.9 Å². The van der Waals surface area contributed by atoms with Gasteiger partial charge in [-0.2, -0.15) is 5.10 Å². The maximum atomic E-state index is 5.85. The van der Waals surface area contributed by atoms with Gasteiger partial charge in [0, 0.05) is 16.7 Å². The van der Waals surface area contributed by atoms with Gasteiger partial charge in [0.2, 0.25) is 0 Å². The number of rotatable bonds is 7. The number of hydrazone groups is 1. The fourth-order valence-corrected chi connectivity index (χ4v) is 3.93. The van der Waals surface area contributed by atoms with Crippen molar-refractivity contribution in [3.05, 3.63) is 88.9 Å². The molecule has 3 aromatic rings. The van der Waals surface area contributed by atoms with Crippen LogP contribution < -0.4 is 14.6 Å². The summed E-state index contributed by atoms with van der Waals surface area (Å²) >= 11 is 3.68. The van der Waals surface area contributed by atoms with Gasteiger partial charge in [-0.15, -0.1) is 0 Å². The summed E-state index contributed by atoms with van der Waals surface area (Å²) in [5, 5.41) is 7.06. The smallest absolute Gasteiger partial charge is 0.119 e. The topological polar surface area (TPSA) is 31.3 Å². The molecule has 0 radical (unpaired) electrons. The number of nitrogens with zero attached hydrogens (tertiary/aromatic N) is 4. The van der Waals surface area contributed by atoms with Crippen molar-refractivity contribution in [1.82, 2.24) is 4.90 Å². The van der Waals surface area contributed by atoms with E-state index in [1.54, 1.807) is 0 Å². The molecule has 1 aliphatic heterocycles. The van der Waals surface area contributed by atoms with E-state index in [1.807, 2.05) is 50.5 Å². The van der Waals surface area contributed by atoms with Crippen LogP contribution >= 0.6 is 15.9 Å². The van der Waals surface area contributed by atoms with E-state index in [0.29, 0.717) is 13.3 Å². The molecular weight excluding hydrogens is 452 g/mol. The Hall–Kier alpha value is -2.83. The summed E-state index contributed by atoms with van der Waals surface area (Å²) in [7, 11) is 4.09. The average molecular weight is 479 g/mol. The van der Waals surface area contributed by atoms with Crippen molar-refractivity contribution in [3.63, 3.8) is 0 Å². The lowest BCUT2D eigenvalue weighted by Crippen LogP contribution is -2.44. The van der Waals surface area contributed by atoms with E-state index < -0.39 is 0 Å². The van der Waals surface area contributed by atoms with E-state index in [9.17, 15) is 0 Å². The van der Waals surface area contributed by atoms with Crippen LogP contribution in [0.15, 0.2) is 88.4 Å². The van der Waals surface area contributed by atoms with Gasteiger partial charge in [0.1, 0.15) is 19.0 Å². The number of halogens is 1. The second-order valence-electron chi connectivity index (χ2n) is 7.75. The molecule has 0 fully saturated rings. The first-order chi connectivity index (χ1) is 15.1. The fourth-order valence-electron chi connectivity index (χ4n) is 3.44. The molecule has 0 spiro atoms. The van der Waals surface area contributed by atoms with Gasteiger partial charge in [-0.25, -0.2) is 5.01 Å². The zero-order valence-corrected chi connectivity index (χ0v) is 19.5. The van der Waals surface area contributed by atoms with Crippen LogP contribution in [0.5, 0.6) is 5.75 Å². The summed E-state index contributed by atoms with van der Waals surface area (Å²) in [5.74, 6) is 0.879. The number of ether oxygens (including phenoxy) is 1. The molecule has 3 aromatic carbocycles. The van der Waals surface area contributed by atoms with Crippen molar-refractivity contribution in [2.45, 2.75) is 0 Å². The van der Waals surface area contributed by atoms with E-state index in [-0.39, 0.29) is 0 Å². The number of hydrogen-bond donors (Lipinski definition) is 0. The maximum Gasteiger partial charge on any atom is 0.119 e. The first-order valence-electron chi connectivity index (χ1n) is 10.4. The number of benzene rings is 3. The summed E-state index contributed by atoms with van der Waals surface area (Å²) in [5.41, 5.74) is 4.34. The molecular formula is C25H27BrN4O. The maximum absolute atomic E-state index is 5.85. The van der Waals surface area contributed by atoms with Crippen molar-refractivity contribution in [2.24, 2.45) is 5.10 Å². The minimum absolute atomic E-state index is 0.672. The highest BCUT2D eigenvalue weighted by Crippen LogP contribution is 2.29. The van der Waals surface area contributed by atoms with Gasteiger partial charge in [-0.3, -0.25) is 0 Å². The second kappa shape index (κ2) is 9.98. The van der Waals surface area contributed by atoms with E-state index in [4.69, 9.17) is 9.84 Å². The number of likely N-dealkylation sites (N-methyl/N-ethyl adjacent to an activating group) is 1. The second-order valence-corrected chi connectivity index (χ2v) is 8.60. The lowest BCUT2D eigenvalue weighted by Gasteiger charge is -2.36. The van der Waals surface area contributed by atoms with Crippen molar-refractivity contribution in [3.8, 4) is 5.75 Å². The minimum atomic E-state index is 0.672. The van der Waals surface area contributed by atoms with Gasteiger partial charge in [-0.1, -0.05) is 30.3 Å². The highest BCUT2D eigenvalue weighted by Gasteiger charge is 2.23. The third kappa shape index (κ3) is 5.46. The first kappa shape index (κ1) is 21.4. The highest BCUT2D eigenvalue weighted by molar-refractivity contribution is 9.10. The van der Waals surface area contributed by atoms with Gasteiger partial charge in [0.15, 0.2) is 0 Å². The molecule has 0 saturated carbocycles. The van der Waals surface area contributed by atoms with Crippen LogP contribution in [0.25, 0.3) is 0 Å². The van der Waals surface area contributed by atoms with E-state index in [0.717, 1.165) is 40.3 Å². The largest absolute Gasteiger partial charge is 0.492 e. The molecule has 0 saturated heterocycles. The summed E-state index contributed by atoms with van der Waals surface area (Å²) in [6.07, 6.45) is 0. The first-order valence-corrected chi connectivity index (χ1v) is 11.2. The molecule has 0 amide bonds. The van der Waals surface area contributed by atoms with Crippen LogP contribution in [0.3, 0.4) is 0 Å². The SMILES string of the molecule is CN(C)CCOc1ccc(C2=NN(c3ccccc3Br)CN(c3ccccc3)C2)cc1. The predicted molar refractivity (Wildman–Crippen MR) is 132 cm³/mol. The molecule has 0 bridgehead atoms. The average Bonchev–Trinajstić information content (AvgIpc) is 2.80. The monoisotopic (exact) mass is 478 g/mol. The Bertz CT molecular complexity index is 1020. The van der Waals surface area contributed by atoms with Gasteiger partial charge < -0.3 is 14.5 Å². The normalized spacial score (nSPS) is 14.0. The van der Waals surface area contributed by atoms with Gasteiger partial charge >= 0.3 is 0 Å². The third-order valence-electron chi connectivity index (χ3n) is 5.13. The standard InChI is InChI=1S/C25H27BrN4O/c1-28(2)16-17-31-22-14-12-20(13-15-22)24-18-29(21-8-4-3-5-9-21)19-30(27-24)25-11-7-6-10-23(25)26/h3-15H,16-19H2,1-2H3. The van der Waals surface area contributed by atoms with Crippen molar-refractivity contribution in [1.29, 1.82) is 0 Å². The number of hydrogen-bond acceptors (Lipinski definition) is 5. The molecule has 0 unspecified atom stereocenters. The van der Waals surface area contributed by atoms with Crippen LogP contribution in [0, 0.1) is 0 Å². The zero-order valence-electron chi connectivity index (χ0n) is 17.9. The van der Waals surface area contributed by atoms with Crippen LogP contribution in [0.2, 0.25) is 0 Å². The van der Waals surface area contributed by atoms with Crippen molar-refractivity contribution >= 4 is 33.0 Å². The Kier molecular flexibility index (Phi) is 6.89. The van der Waals surface area contributed by atoms with Crippen LogP contribution in [0.4, 0.5) is 11.4 Å². The molecule has 160 valence electrons. The quantitative estimate of drug-likeness (QED) is 0.473.